The molecule has 0 aliphatic heterocycles. The molecule has 0 atom stereocenters. The van der Waals surface area contributed by atoms with E-state index in [9.17, 15) is 0 Å². The number of nitrogens with zero attached hydrogens (tertiary/aromatic N) is 4. The highest BCUT2D eigenvalue weighted by molar-refractivity contribution is 6.23. The highest BCUT2D eigenvalue weighted by Gasteiger charge is 2.21. The van der Waals surface area contributed by atoms with Crippen LogP contribution >= 0.6 is 0 Å². The van der Waals surface area contributed by atoms with E-state index in [0.717, 1.165) is 99.5 Å². The van der Waals surface area contributed by atoms with Gasteiger partial charge in [0.05, 0.1) is 16.4 Å². The van der Waals surface area contributed by atoms with Crippen LogP contribution in [0.3, 0.4) is 0 Å². The first kappa shape index (κ1) is 35.5. The zero-order valence-electron chi connectivity index (χ0n) is 33.5. The van der Waals surface area contributed by atoms with Crippen molar-refractivity contribution in [1.29, 1.82) is 0 Å². The Bertz CT molecular complexity index is 3560. The van der Waals surface area contributed by atoms with Crippen LogP contribution in [-0.4, -0.2) is 19.5 Å². The molecule has 3 heterocycles. The van der Waals surface area contributed by atoms with Crippen LogP contribution in [0.25, 0.3) is 117 Å². The van der Waals surface area contributed by atoms with Gasteiger partial charge in [0.2, 0.25) is 0 Å². The molecule has 12 rings (SSSR count). The van der Waals surface area contributed by atoms with Crippen molar-refractivity contribution in [2.24, 2.45) is 0 Å². The highest BCUT2D eigenvalue weighted by atomic mass is 16.3. The van der Waals surface area contributed by atoms with Crippen LogP contribution < -0.4 is 0 Å². The van der Waals surface area contributed by atoms with Crippen molar-refractivity contribution < 1.29 is 4.42 Å². The third-order valence-corrected chi connectivity index (χ3v) is 11.9. The highest BCUT2D eigenvalue weighted by Crippen LogP contribution is 2.44. The maximum absolute atomic E-state index is 6.62. The molecule has 5 heteroatoms. The summed E-state index contributed by atoms with van der Waals surface area (Å²) in [5, 5.41) is 4.52. The minimum atomic E-state index is 0.616. The molecule has 0 saturated carbocycles. The Morgan fingerprint density at radius 2 is 0.823 bits per heavy atom. The second-order valence-electron chi connectivity index (χ2n) is 15.5. The Morgan fingerprint density at radius 1 is 0.323 bits per heavy atom. The number of hydrogen-bond acceptors (Lipinski definition) is 4. The monoisotopic (exact) mass is 792 g/mol. The first-order chi connectivity index (χ1) is 30.7. The number of hydrogen-bond donors (Lipinski definition) is 0. The maximum atomic E-state index is 6.62. The molecule has 9 aromatic carbocycles. The van der Waals surface area contributed by atoms with Gasteiger partial charge in [0, 0.05) is 38.5 Å². The van der Waals surface area contributed by atoms with Crippen molar-refractivity contribution in [2.45, 2.75) is 0 Å². The summed E-state index contributed by atoms with van der Waals surface area (Å²) in [6.45, 7) is 0. The number of fused-ring (bicyclic) bond motifs is 7. The van der Waals surface area contributed by atoms with Gasteiger partial charge in [-0.15, -0.1) is 0 Å². The molecule has 0 aliphatic carbocycles. The summed E-state index contributed by atoms with van der Waals surface area (Å²) < 4.78 is 9.00. The lowest BCUT2D eigenvalue weighted by Gasteiger charge is -2.18. The molecule has 5 nitrogen and oxygen atoms in total. The molecule has 12 aromatic rings. The van der Waals surface area contributed by atoms with Crippen LogP contribution in [0, 0.1) is 0 Å². The van der Waals surface area contributed by atoms with Gasteiger partial charge in [0.25, 0.3) is 0 Å². The van der Waals surface area contributed by atoms with Crippen LogP contribution in [0.15, 0.2) is 223 Å². The fourth-order valence-electron chi connectivity index (χ4n) is 8.99. The van der Waals surface area contributed by atoms with E-state index >= 15 is 0 Å². The summed E-state index contributed by atoms with van der Waals surface area (Å²) in [4.78, 5) is 15.1. The van der Waals surface area contributed by atoms with Gasteiger partial charge in [-0.3, -0.25) is 0 Å². The molecule has 0 amide bonds. The quantitative estimate of drug-likeness (QED) is 0.161. The first-order valence-electron chi connectivity index (χ1n) is 20.9. The van der Waals surface area contributed by atoms with Crippen molar-refractivity contribution >= 4 is 43.7 Å². The second-order valence-corrected chi connectivity index (χ2v) is 15.5. The summed E-state index contributed by atoms with van der Waals surface area (Å²) in [6, 6.07) is 76.4. The lowest BCUT2D eigenvalue weighted by molar-refractivity contribution is 0.673. The molecule has 0 N–H and O–H groups in total. The Kier molecular flexibility index (Phi) is 8.42. The van der Waals surface area contributed by atoms with Gasteiger partial charge >= 0.3 is 0 Å². The largest absolute Gasteiger partial charge is 0.455 e. The lowest BCUT2D eigenvalue weighted by atomic mass is 9.88. The smallest absolute Gasteiger partial charge is 0.164 e. The van der Waals surface area contributed by atoms with Crippen molar-refractivity contribution in [1.82, 2.24) is 19.5 Å². The zero-order chi connectivity index (χ0) is 41.0. The topological polar surface area (TPSA) is 56.7 Å². The van der Waals surface area contributed by atoms with Crippen molar-refractivity contribution in [3.8, 4) is 73.2 Å². The molecule has 0 bridgehead atoms. The minimum absolute atomic E-state index is 0.616. The SMILES string of the molecule is c1ccc(-c2nc(-c3ccccc3)nc(-c3ccc(-c4ccc(-n5c6ccccc6c6c7oc8ccccc8c7ccc65)cc4-c4ccccc4)c(-c4ccccc4)c3)n2)cc1. The van der Waals surface area contributed by atoms with E-state index < -0.39 is 0 Å². The second kappa shape index (κ2) is 14.7. The van der Waals surface area contributed by atoms with Crippen LogP contribution in [-0.2, 0) is 0 Å². The third-order valence-electron chi connectivity index (χ3n) is 11.9. The standard InChI is InChI=1S/C57H36N4O/c1-5-17-37(18-6-1)48-35-41(57-59-55(39-21-9-3-10-22-39)58-56(60-57)40-23-11-4-12-24-40)29-31-43(48)44-32-30-42(36-49(44)38-19-7-2-8-20-38)61-50-27-15-13-26-47(50)53-51(61)34-33-46-45-25-14-16-28-52(45)62-54(46)53/h1-36H. The average molecular weight is 793 g/mol. The van der Waals surface area contributed by atoms with E-state index in [1.807, 2.05) is 66.7 Å². The fraction of sp³-hybridized carbons (Fsp3) is 0. The van der Waals surface area contributed by atoms with Gasteiger partial charge in [0.1, 0.15) is 11.2 Å². The van der Waals surface area contributed by atoms with Gasteiger partial charge in [-0.1, -0.05) is 176 Å². The summed E-state index contributed by atoms with van der Waals surface area (Å²) in [5.74, 6) is 1.88. The maximum Gasteiger partial charge on any atom is 0.164 e. The van der Waals surface area contributed by atoms with E-state index in [4.69, 9.17) is 19.4 Å². The van der Waals surface area contributed by atoms with Gasteiger partial charge in [0.15, 0.2) is 17.5 Å². The van der Waals surface area contributed by atoms with Crippen molar-refractivity contribution in [2.75, 3.05) is 0 Å². The van der Waals surface area contributed by atoms with E-state index in [0.29, 0.717) is 17.5 Å². The zero-order valence-corrected chi connectivity index (χ0v) is 33.5. The van der Waals surface area contributed by atoms with Crippen LogP contribution in [0.2, 0.25) is 0 Å². The van der Waals surface area contributed by atoms with E-state index in [1.165, 1.54) is 0 Å². The molecule has 0 unspecified atom stereocenters. The normalized spacial score (nSPS) is 11.5. The van der Waals surface area contributed by atoms with Gasteiger partial charge < -0.3 is 8.98 Å². The van der Waals surface area contributed by atoms with Gasteiger partial charge in [-0.05, 0) is 75.8 Å². The predicted molar refractivity (Wildman–Crippen MR) is 254 cm³/mol. The van der Waals surface area contributed by atoms with Crippen LogP contribution in [0.5, 0.6) is 0 Å². The summed E-state index contributed by atoms with van der Waals surface area (Å²) in [6.07, 6.45) is 0. The predicted octanol–water partition coefficient (Wildman–Crippen LogP) is 14.9. The van der Waals surface area contributed by atoms with E-state index in [-0.39, 0.29) is 0 Å². The summed E-state index contributed by atoms with van der Waals surface area (Å²) >= 11 is 0. The Hall–Kier alpha value is -8.41. The first-order valence-corrected chi connectivity index (χ1v) is 20.9. The molecular formula is C57H36N4O. The van der Waals surface area contributed by atoms with E-state index in [2.05, 4.69) is 156 Å². The average Bonchev–Trinajstić information content (AvgIpc) is 3.91. The Balaban J connectivity index is 1.07. The van der Waals surface area contributed by atoms with Crippen molar-refractivity contribution in [3.63, 3.8) is 0 Å². The Morgan fingerprint density at radius 3 is 1.45 bits per heavy atom. The number of furan rings is 1. The molecule has 0 aliphatic rings. The Labute approximate surface area is 357 Å². The number of benzene rings is 9. The molecule has 290 valence electrons. The molecular weight excluding hydrogens is 757 g/mol. The molecule has 0 saturated heterocycles. The lowest BCUT2D eigenvalue weighted by Crippen LogP contribution is -2.00. The molecule has 0 fully saturated rings. The molecule has 3 aromatic heterocycles. The number of aromatic nitrogens is 4. The number of rotatable bonds is 7. The van der Waals surface area contributed by atoms with Crippen LogP contribution in [0.1, 0.15) is 0 Å². The summed E-state index contributed by atoms with van der Waals surface area (Å²) in [5.41, 5.74) is 14.6. The van der Waals surface area contributed by atoms with Crippen molar-refractivity contribution in [3.05, 3.63) is 218 Å². The van der Waals surface area contributed by atoms with Gasteiger partial charge in [-0.2, -0.15) is 0 Å². The third kappa shape index (κ3) is 5.98. The number of para-hydroxylation sites is 2. The summed E-state index contributed by atoms with van der Waals surface area (Å²) in [7, 11) is 0. The fourth-order valence-corrected chi connectivity index (χ4v) is 8.99. The molecule has 62 heavy (non-hydrogen) atoms. The van der Waals surface area contributed by atoms with Crippen LogP contribution in [0.4, 0.5) is 0 Å². The molecule has 0 radical (unpaired) electrons. The van der Waals surface area contributed by atoms with E-state index in [1.54, 1.807) is 0 Å². The van der Waals surface area contributed by atoms with Gasteiger partial charge in [-0.25, -0.2) is 15.0 Å². The molecule has 0 spiro atoms. The minimum Gasteiger partial charge on any atom is -0.455 e.